The van der Waals surface area contributed by atoms with Crippen LogP contribution in [0.1, 0.15) is 73.4 Å². The minimum absolute atomic E-state index is 0.0946. The maximum absolute atomic E-state index is 12.8. The lowest BCUT2D eigenvalue weighted by Crippen LogP contribution is -2.40. The number of fused-ring (bicyclic) bond motifs is 3. The predicted molar refractivity (Wildman–Crippen MR) is 313 cm³/mol. The number of nitriles is 2. The Morgan fingerprint density at radius 3 is 1.45 bits per heavy atom. The lowest BCUT2D eigenvalue weighted by molar-refractivity contribution is 0.425. The molecule has 8 rings (SSSR count). The van der Waals surface area contributed by atoms with Crippen molar-refractivity contribution in [3.8, 4) is 23.3 Å². The van der Waals surface area contributed by atoms with Crippen molar-refractivity contribution in [1.82, 2.24) is 0 Å². The van der Waals surface area contributed by atoms with Gasteiger partial charge < -0.3 is 10.0 Å². The Labute approximate surface area is 463 Å². The maximum Gasteiger partial charge on any atom is 0.489 e. The highest BCUT2D eigenvalue weighted by atomic mass is 127. The zero-order valence-electron chi connectivity index (χ0n) is 42.8. The van der Waals surface area contributed by atoms with Crippen LogP contribution in [-0.2, 0) is 30.6 Å². The summed E-state index contributed by atoms with van der Waals surface area (Å²) in [6, 6.07) is 34.1. The number of alkyl halides is 1. The van der Waals surface area contributed by atoms with Crippen molar-refractivity contribution < 1.29 is 35.3 Å². The zero-order valence-corrected chi connectivity index (χ0v) is 50.6. The van der Waals surface area contributed by atoms with Crippen LogP contribution >= 0.6 is 54.5 Å². The van der Waals surface area contributed by atoms with Crippen LogP contribution in [-0.4, -0.2) is 81.1 Å². The van der Waals surface area contributed by atoms with Crippen molar-refractivity contribution in [3.05, 3.63) is 123 Å². The Hall–Kier alpha value is -4.60. The SMILES string of the molecule is CC(C)(C)CI.CN1c2cc(-c3ccccc3C#N)ccc2N(CC(C)(C)C)S1(=O)=O.CN1c2cc(Br)ccc2N(CC(C)(C)C)S1(=O)=O.CN1c2cc(Br)ccc2NS1(=O)=O.N#Cc1ccccc1B(O)O. The van der Waals surface area contributed by atoms with Crippen molar-refractivity contribution in [2.45, 2.75) is 62.3 Å². The molecule has 0 aliphatic carbocycles. The first kappa shape index (κ1) is 61.0. The molecule has 0 aromatic heterocycles. The first-order valence-corrected chi connectivity index (χ1v) is 29.9. The number of nitrogens with one attached hydrogen (secondary N) is 1. The Balaban J connectivity index is 0.000000212. The summed E-state index contributed by atoms with van der Waals surface area (Å²) in [5, 5.41) is 35.3. The van der Waals surface area contributed by atoms with Crippen LogP contribution in [0.3, 0.4) is 0 Å². The van der Waals surface area contributed by atoms with Gasteiger partial charge in [0.15, 0.2) is 0 Å². The Kier molecular flexibility index (Phi) is 20.0. The molecule has 16 nitrogen and oxygen atoms in total. The van der Waals surface area contributed by atoms with Gasteiger partial charge in [0.1, 0.15) is 0 Å². The quantitative estimate of drug-likeness (QED) is 0.0878. The monoisotopic (exact) mass is 1290 g/mol. The van der Waals surface area contributed by atoms with Crippen molar-refractivity contribution in [2.24, 2.45) is 16.2 Å². The van der Waals surface area contributed by atoms with Crippen LogP contribution in [0.15, 0.2) is 112 Å². The van der Waals surface area contributed by atoms with Gasteiger partial charge in [0.05, 0.1) is 57.4 Å². The first-order chi connectivity index (χ1) is 33.6. The molecule has 0 fully saturated rings. The fourth-order valence-electron chi connectivity index (χ4n) is 6.95. The number of rotatable bonds is 4. The average Bonchev–Trinajstić information content (AvgIpc) is 3.73. The van der Waals surface area contributed by atoms with Gasteiger partial charge >= 0.3 is 37.7 Å². The third-order valence-electron chi connectivity index (χ3n) is 10.6. The molecule has 23 heteroatoms. The molecule has 3 N–H and O–H groups in total. The molecule has 0 unspecified atom stereocenters. The molecule has 3 aliphatic heterocycles. The Morgan fingerprint density at radius 2 is 1.00 bits per heavy atom. The van der Waals surface area contributed by atoms with E-state index in [-0.39, 0.29) is 16.3 Å². The van der Waals surface area contributed by atoms with Crippen molar-refractivity contribution in [2.75, 3.05) is 64.9 Å². The van der Waals surface area contributed by atoms with E-state index in [4.69, 9.17) is 15.3 Å². The molecule has 0 amide bonds. The second kappa shape index (κ2) is 23.9. The van der Waals surface area contributed by atoms with E-state index in [0.29, 0.717) is 58.1 Å². The van der Waals surface area contributed by atoms with Gasteiger partial charge in [0.2, 0.25) is 0 Å². The summed E-state index contributed by atoms with van der Waals surface area (Å²) in [5.41, 5.74) is 7.05. The summed E-state index contributed by atoms with van der Waals surface area (Å²) >= 11 is 9.05. The number of nitrogens with zero attached hydrogens (tertiary/aromatic N) is 7. The van der Waals surface area contributed by atoms with Gasteiger partial charge in [-0.3, -0.25) is 26.2 Å². The molecule has 73 heavy (non-hydrogen) atoms. The summed E-state index contributed by atoms with van der Waals surface area (Å²) < 4.78 is 85.2. The van der Waals surface area contributed by atoms with Gasteiger partial charge in [0.25, 0.3) is 0 Å². The van der Waals surface area contributed by atoms with Crippen LogP contribution < -0.4 is 31.7 Å². The molecule has 0 saturated heterocycles. The highest BCUT2D eigenvalue weighted by molar-refractivity contribution is 14.1. The zero-order chi connectivity index (χ0) is 55.2. The molecule has 0 saturated carbocycles. The summed E-state index contributed by atoms with van der Waals surface area (Å²) in [6.07, 6.45) is 0. The predicted octanol–water partition coefficient (Wildman–Crippen LogP) is 10.0. The summed E-state index contributed by atoms with van der Waals surface area (Å²) in [4.78, 5) is 0. The van der Waals surface area contributed by atoms with Gasteiger partial charge in [-0.1, -0.05) is 159 Å². The Morgan fingerprint density at radius 1 is 0.575 bits per heavy atom. The standard InChI is InChI=1S/C19H21N3O2S.C12H17BrN2O2S.C7H6BNO2.C7H7BrN2O2S.C5H11I/c1-19(2,3)13-22-17-10-9-14(11-18(17)21(4)25(22,23)24)16-8-6-5-7-15(16)12-20;1-12(2,3)8-15-10-6-5-9(13)7-11(10)14(4)18(15,16)17;9-5-6-3-1-2-4-7(6)8(10)11;1-10-7-4-5(8)2-3-6(7)9-13(10,11)12;1-5(2,3)4-6/h5-11H,13H2,1-4H3;5-7H,8H2,1-4H3;1-4,10-11H;2-4,9H,1H3;4H2,1-3H3. The van der Waals surface area contributed by atoms with Crippen LogP contribution in [0.5, 0.6) is 0 Å². The molecule has 0 bridgehead atoms. The lowest BCUT2D eigenvalue weighted by atomic mass is 9.77. The van der Waals surface area contributed by atoms with Crippen LogP contribution in [0.25, 0.3) is 11.1 Å². The van der Waals surface area contributed by atoms with Gasteiger partial charge in [-0.2, -0.15) is 35.8 Å². The third kappa shape index (κ3) is 15.5. The lowest BCUT2D eigenvalue weighted by Gasteiger charge is -2.27. The molecule has 0 radical (unpaired) electrons. The maximum atomic E-state index is 12.8. The van der Waals surface area contributed by atoms with Crippen LogP contribution in [0.4, 0.5) is 34.1 Å². The molecular formula is C50H62BBr2IN8O8S3. The van der Waals surface area contributed by atoms with Crippen LogP contribution in [0.2, 0.25) is 0 Å². The van der Waals surface area contributed by atoms with Gasteiger partial charge in [-0.25, -0.2) is 0 Å². The molecule has 5 aromatic rings. The third-order valence-corrected chi connectivity index (χ3v) is 18.8. The summed E-state index contributed by atoms with van der Waals surface area (Å²) in [5.74, 6) is 0. The second-order valence-electron chi connectivity index (χ2n) is 20.6. The van der Waals surface area contributed by atoms with Crippen molar-refractivity contribution in [1.29, 1.82) is 10.5 Å². The van der Waals surface area contributed by atoms with E-state index in [1.165, 1.54) is 45.1 Å². The van der Waals surface area contributed by atoms with E-state index in [1.807, 2.05) is 102 Å². The minimum atomic E-state index is -3.57. The average molecular weight is 1300 g/mol. The number of halogens is 3. The molecule has 0 spiro atoms. The smallest absolute Gasteiger partial charge is 0.423 e. The van der Waals surface area contributed by atoms with E-state index in [9.17, 15) is 30.5 Å². The normalized spacial score (nSPS) is 15.4. The topological polar surface area (TPSA) is 219 Å². The molecule has 5 aromatic carbocycles. The highest BCUT2D eigenvalue weighted by Crippen LogP contribution is 2.45. The summed E-state index contributed by atoms with van der Waals surface area (Å²) in [7, 11) is -7.24. The number of anilines is 6. The largest absolute Gasteiger partial charge is 0.489 e. The molecule has 0 atom stereocenters. The van der Waals surface area contributed by atoms with Gasteiger partial charge in [-0.05, 0) is 93.5 Å². The first-order valence-electron chi connectivity index (χ1n) is 22.5. The molecular weight excluding hydrogens is 1230 g/mol. The van der Waals surface area contributed by atoms with E-state index in [2.05, 4.69) is 86.0 Å². The van der Waals surface area contributed by atoms with Crippen LogP contribution in [0, 0.1) is 38.9 Å². The number of hydrogen-bond acceptors (Lipinski definition) is 10. The summed E-state index contributed by atoms with van der Waals surface area (Å²) in [6.45, 7) is 19.7. The highest BCUT2D eigenvalue weighted by Gasteiger charge is 2.41. The number of benzene rings is 5. The van der Waals surface area contributed by atoms with Gasteiger partial charge in [-0.15, -0.1) is 0 Å². The van der Waals surface area contributed by atoms with E-state index < -0.39 is 37.7 Å². The fraction of sp³-hybridized carbons (Fsp3) is 0.360. The number of hydrogen-bond donors (Lipinski definition) is 3. The molecule has 3 aliphatic rings. The fourth-order valence-corrected chi connectivity index (χ4v) is 11.9. The Bertz CT molecular complexity index is 3230. The second-order valence-corrected chi connectivity index (χ2v) is 28.6. The van der Waals surface area contributed by atoms with Crippen molar-refractivity contribution in [3.63, 3.8) is 0 Å². The van der Waals surface area contributed by atoms with E-state index >= 15 is 0 Å². The van der Waals surface area contributed by atoms with E-state index in [1.54, 1.807) is 50.5 Å². The van der Waals surface area contributed by atoms with Gasteiger partial charge in [0, 0.05) is 47.6 Å². The molecule has 3 heterocycles. The molecule has 392 valence electrons. The van der Waals surface area contributed by atoms with E-state index in [0.717, 1.165) is 25.8 Å². The van der Waals surface area contributed by atoms with Crippen molar-refractivity contribution >= 4 is 132 Å². The minimum Gasteiger partial charge on any atom is -0.423 e.